The van der Waals surface area contributed by atoms with Crippen molar-refractivity contribution in [2.45, 2.75) is 50.0 Å². The molecule has 2 aromatic heterocycles. The van der Waals surface area contributed by atoms with Gasteiger partial charge in [-0.05, 0) is 76.2 Å². The number of hydrogen-bond acceptors (Lipinski definition) is 10. The molecule has 0 bridgehead atoms. The van der Waals surface area contributed by atoms with Crippen LogP contribution in [-0.2, 0) is 31.6 Å². The van der Waals surface area contributed by atoms with Gasteiger partial charge in [-0.2, -0.15) is 4.39 Å². The van der Waals surface area contributed by atoms with Crippen molar-refractivity contribution in [1.29, 1.82) is 0 Å². The molecule has 0 radical (unpaired) electrons. The summed E-state index contributed by atoms with van der Waals surface area (Å²) in [6.07, 6.45) is 2.38. The molecule has 6 rings (SSSR count). The molecule has 0 N–H and O–H groups in total. The van der Waals surface area contributed by atoms with Crippen molar-refractivity contribution in [2.24, 2.45) is 7.05 Å². The number of nitrogens with zero attached hydrogens (tertiary/aromatic N) is 4. The van der Waals surface area contributed by atoms with E-state index in [1.165, 1.54) is 79.5 Å². The van der Waals surface area contributed by atoms with Gasteiger partial charge < -0.3 is 23.7 Å². The summed E-state index contributed by atoms with van der Waals surface area (Å²) in [4.78, 5) is 29.7. The van der Waals surface area contributed by atoms with E-state index in [2.05, 4.69) is 4.90 Å². The third-order valence-corrected chi connectivity index (χ3v) is 12.8. The monoisotopic (exact) mass is 808 g/mol. The molecule has 16 heteroatoms. The van der Waals surface area contributed by atoms with Gasteiger partial charge in [0, 0.05) is 68.7 Å². The molecule has 56 heavy (non-hydrogen) atoms. The maximum absolute atomic E-state index is 16.0. The Morgan fingerprint density at radius 2 is 1.52 bits per heavy atom. The van der Waals surface area contributed by atoms with Gasteiger partial charge in [0.1, 0.15) is 23.5 Å². The van der Waals surface area contributed by atoms with Gasteiger partial charge in [-0.15, -0.1) is 0 Å². The molecular formula is C40H45FN4O9S2. The molecule has 298 valence electrons. The zero-order valence-corrected chi connectivity index (χ0v) is 33.7. The van der Waals surface area contributed by atoms with Gasteiger partial charge in [0.25, 0.3) is 15.6 Å². The molecule has 13 nitrogen and oxygen atoms in total. The van der Waals surface area contributed by atoms with Crippen LogP contribution in [0.25, 0.3) is 22.0 Å². The number of aromatic nitrogens is 2. The van der Waals surface area contributed by atoms with E-state index in [0.717, 1.165) is 9.54 Å². The SMILES string of the molecule is CCS(=O)(=O)c1ccc(Oc2cccc(OCCN3CCN(C(=O)OC(C)(C)C)CC3)c2F)c(-c2cn(C)c(=O)c3c2ccn3S(=O)(=O)c2ccc(C)cc2)c1. The zero-order valence-electron chi connectivity index (χ0n) is 32.1. The van der Waals surface area contributed by atoms with Gasteiger partial charge in [0.2, 0.25) is 5.82 Å². The predicted molar refractivity (Wildman–Crippen MR) is 210 cm³/mol. The van der Waals surface area contributed by atoms with E-state index in [4.69, 9.17) is 14.2 Å². The lowest BCUT2D eigenvalue weighted by atomic mass is 10.0. The van der Waals surface area contributed by atoms with Crippen LogP contribution in [0, 0.1) is 12.7 Å². The fourth-order valence-corrected chi connectivity index (χ4v) is 8.55. The van der Waals surface area contributed by atoms with Gasteiger partial charge in [-0.25, -0.2) is 25.6 Å². The van der Waals surface area contributed by atoms with Crippen LogP contribution in [0.5, 0.6) is 17.2 Å². The normalized spacial score (nSPS) is 14.2. The van der Waals surface area contributed by atoms with Crippen LogP contribution in [0.2, 0.25) is 0 Å². The summed E-state index contributed by atoms with van der Waals surface area (Å²) < 4.78 is 89.4. The third-order valence-electron chi connectivity index (χ3n) is 9.38. The Hall–Kier alpha value is -5.19. The molecular weight excluding hydrogens is 764 g/mol. The van der Waals surface area contributed by atoms with Crippen molar-refractivity contribution >= 4 is 36.9 Å². The Kier molecular flexibility index (Phi) is 11.4. The first-order valence-corrected chi connectivity index (χ1v) is 21.2. The smallest absolute Gasteiger partial charge is 0.410 e. The number of sulfone groups is 1. The van der Waals surface area contributed by atoms with E-state index < -0.39 is 36.8 Å². The highest BCUT2D eigenvalue weighted by atomic mass is 32.2. The Morgan fingerprint density at radius 3 is 2.18 bits per heavy atom. The molecule has 0 atom stereocenters. The molecule has 0 aliphatic carbocycles. The molecule has 1 fully saturated rings. The summed E-state index contributed by atoms with van der Waals surface area (Å²) in [5, 5.41) is 0.212. The minimum absolute atomic E-state index is 0.0218. The summed E-state index contributed by atoms with van der Waals surface area (Å²) in [5.41, 5.74) is -0.0311. The quantitative estimate of drug-likeness (QED) is 0.151. The van der Waals surface area contributed by atoms with Crippen LogP contribution in [0.15, 0.2) is 93.7 Å². The van der Waals surface area contributed by atoms with E-state index in [1.807, 2.05) is 27.7 Å². The number of aryl methyl sites for hydroxylation is 2. The van der Waals surface area contributed by atoms with Crippen molar-refractivity contribution in [2.75, 3.05) is 45.1 Å². The average Bonchev–Trinajstić information content (AvgIpc) is 3.61. The molecule has 0 spiro atoms. The molecule has 0 unspecified atom stereocenters. The van der Waals surface area contributed by atoms with Crippen LogP contribution in [0.1, 0.15) is 33.3 Å². The molecule has 1 aliphatic rings. The number of fused-ring (bicyclic) bond motifs is 1. The van der Waals surface area contributed by atoms with Crippen LogP contribution in [0.3, 0.4) is 0 Å². The van der Waals surface area contributed by atoms with Crippen molar-refractivity contribution in [3.8, 4) is 28.4 Å². The highest BCUT2D eigenvalue weighted by molar-refractivity contribution is 7.91. The second-order valence-electron chi connectivity index (χ2n) is 14.5. The number of carbonyl (C=O) groups is 1. The highest BCUT2D eigenvalue weighted by Crippen LogP contribution is 2.40. The Labute approximate surface area is 325 Å². The average molecular weight is 809 g/mol. The molecule has 0 saturated carbocycles. The summed E-state index contributed by atoms with van der Waals surface area (Å²) in [6, 6.07) is 16.2. The number of benzene rings is 3. The van der Waals surface area contributed by atoms with Crippen LogP contribution in [-0.4, -0.2) is 92.0 Å². The van der Waals surface area contributed by atoms with Crippen molar-refractivity contribution in [3.63, 3.8) is 0 Å². The Bertz CT molecular complexity index is 2550. The molecule has 5 aromatic rings. The van der Waals surface area contributed by atoms with Crippen LogP contribution >= 0.6 is 0 Å². The number of pyridine rings is 1. The summed E-state index contributed by atoms with van der Waals surface area (Å²) >= 11 is 0. The number of halogens is 1. The van der Waals surface area contributed by atoms with Gasteiger partial charge in [-0.3, -0.25) is 9.69 Å². The first-order valence-electron chi connectivity index (χ1n) is 18.1. The minimum atomic E-state index is -4.22. The molecule has 1 aliphatic heterocycles. The fraction of sp³-hybridized carbons (Fsp3) is 0.350. The topological polar surface area (TPSA) is 146 Å². The number of amides is 1. The summed E-state index contributed by atoms with van der Waals surface area (Å²) in [7, 11) is -6.51. The largest absolute Gasteiger partial charge is 0.489 e. The van der Waals surface area contributed by atoms with Gasteiger partial charge in [0.15, 0.2) is 21.3 Å². The third kappa shape index (κ3) is 8.46. The number of hydrogen-bond donors (Lipinski definition) is 0. The minimum Gasteiger partial charge on any atom is -0.489 e. The maximum atomic E-state index is 16.0. The standard InChI is InChI=1S/C40H45FN4O9S2/c1-7-55(48,49)29-15-16-33(53-35-10-8-9-34(36(35)41)52-24-23-43-19-21-44(22-20-43)39(47)54-40(3,4)5)31(25-29)32-26-42(6)38(46)37-30(32)17-18-45(37)56(50,51)28-13-11-27(2)12-14-28/h8-18,25-26H,7,19-24H2,1-6H3. The fourth-order valence-electron chi connectivity index (χ4n) is 6.30. The predicted octanol–water partition coefficient (Wildman–Crippen LogP) is 6.21. The number of piperazine rings is 1. The van der Waals surface area contributed by atoms with Crippen molar-refractivity contribution in [1.82, 2.24) is 18.3 Å². The zero-order chi connectivity index (χ0) is 40.6. The second kappa shape index (κ2) is 15.7. The maximum Gasteiger partial charge on any atom is 0.410 e. The molecule has 1 amide bonds. The first-order chi connectivity index (χ1) is 26.4. The van der Waals surface area contributed by atoms with Gasteiger partial charge in [-0.1, -0.05) is 30.7 Å². The second-order valence-corrected chi connectivity index (χ2v) is 18.6. The lowest BCUT2D eigenvalue weighted by molar-refractivity contribution is 0.0136. The number of ether oxygens (including phenoxy) is 3. The van der Waals surface area contributed by atoms with E-state index in [9.17, 15) is 26.4 Å². The first kappa shape index (κ1) is 40.5. The highest BCUT2D eigenvalue weighted by Gasteiger charge is 2.27. The van der Waals surface area contributed by atoms with Crippen molar-refractivity contribution < 1.29 is 40.2 Å². The van der Waals surface area contributed by atoms with E-state index in [0.29, 0.717) is 32.7 Å². The summed E-state index contributed by atoms with van der Waals surface area (Å²) in [5.74, 6) is -1.22. The Balaban J connectivity index is 1.30. The molecule has 3 heterocycles. The van der Waals surface area contributed by atoms with E-state index in [-0.39, 0.29) is 67.5 Å². The lowest BCUT2D eigenvalue weighted by Gasteiger charge is -2.35. The lowest BCUT2D eigenvalue weighted by Crippen LogP contribution is -2.50. The molecule has 3 aromatic carbocycles. The van der Waals surface area contributed by atoms with Crippen LogP contribution < -0.4 is 15.0 Å². The van der Waals surface area contributed by atoms with Crippen molar-refractivity contribution in [3.05, 3.63) is 101 Å². The summed E-state index contributed by atoms with van der Waals surface area (Å²) in [6.45, 7) is 11.6. The van der Waals surface area contributed by atoms with E-state index >= 15 is 4.39 Å². The number of carbonyl (C=O) groups excluding carboxylic acids is 1. The molecule has 1 saturated heterocycles. The van der Waals surface area contributed by atoms with Crippen LogP contribution in [0.4, 0.5) is 9.18 Å². The van der Waals surface area contributed by atoms with Gasteiger partial charge >= 0.3 is 6.09 Å². The van der Waals surface area contributed by atoms with E-state index in [1.54, 1.807) is 23.1 Å². The Morgan fingerprint density at radius 1 is 0.857 bits per heavy atom. The van der Waals surface area contributed by atoms with Gasteiger partial charge in [0.05, 0.1) is 15.5 Å². The number of rotatable bonds is 11.